The highest BCUT2D eigenvalue weighted by atomic mass is 16.6. The third-order valence-corrected chi connectivity index (χ3v) is 2.84. The smallest absolute Gasteiger partial charge is 0.300 e. The number of hydrogen-bond donors (Lipinski definition) is 2. The van der Waals surface area contributed by atoms with Crippen LogP contribution in [0.5, 0.6) is 0 Å². The normalized spacial score (nSPS) is 10.0. The molecule has 2 N–H and O–H groups in total. The van der Waals surface area contributed by atoms with Crippen molar-refractivity contribution >= 4 is 23.1 Å². The van der Waals surface area contributed by atoms with Crippen LogP contribution >= 0.6 is 0 Å². The number of nitro groups is 1. The van der Waals surface area contributed by atoms with Crippen LogP contribution in [0.15, 0.2) is 30.6 Å². The van der Waals surface area contributed by atoms with Crippen molar-refractivity contribution in [2.75, 3.05) is 17.7 Å². The molecule has 2 rings (SSSR count). The van der Waals surface area contributed by atoms with Crippen molar-refractivity contribution < 1.29 is 9.72 Å². The van der Waals surface area contributed by atoms with E-state index in [1.54, 1.807) is 32.3 Å². The Labute approximate surface area is 120 Å². The zero-order valence-corrected chi connectivity index (χ0v) is 11.5. The quantitative estimate of drug-likeness (QED) is 0.657. The van der Waals surface area contributed by atoms with Gasteiger partial charge in [-0.25, -0.2) is 4.98 Å². The first-order chi connectivity index (χ1) is 10.0. The van der Waals surface area contributed by atoms with E-state index >= 15 is 0 Å². The molecule has 0 spiro atoms. The molecule has 0 saturated carbocycles. The molecular weight excluding hydrogens is 274 g/mol. The number of amides is 1. The van der Waals surface area contributed by atoms with Crippen LogP contribution in [0.2, 0.25) is 0 Å². The van der Waals surface area contributed by atoms with Crippen molar-refractivity contribution in [3.8, 4) is 0 Å². The predicted molar refractivity (Wildman–Crippen MR) is 77.4 cm³/mol. The molecule has 0 aliphatic carbocycles. The number of pyridine rings is 2. The number of nitrogens with one attached hydrogen (secondary N) is 2. The summed E-state index contributed by atoms with van der Waals surface area (Å²) in [7, 11) is 1.61. The Kier molecular flexibility index (Phi) is 4.07. The maximum atomic E-state index is 12.3. The van der Waals surface area contributed by atoms with E-state index in [9.17, 15) is 14.9 Å². The lowest BCUT2D eigenvalue weighted by Crippen LogP contribution is -2.15. The molecule has 0 aliphatic heterocycles. The SMILES string of the molecule is CNc1cc(C(=O)Nc2cccnc2C)c([N+](=O)[O-])cn1. The van der Waals surface area contributed by atoms with Crippen LogP contribution in [0.3, 0.4) is 0 Å². The molecule has 0 fully saturated rings. The van der Waals surface area contributed by atoms with Gasteiger partial charge in [0.1, 0.15) is 17.6 Å². The maximum absolute atomic E-state index is 12.3. The van der Waals surface area contributed by atoms with Crippen molar-refractivity contribution in [3.05, 3.63) is 52.0 Å². The molecule has 0 aromatic carbocycles. The molecule has 108 valence electrons. The van der Waals surface area contributed by atoms with Gasteiger partial charge in [-0.05, 0) is 19.1 Å². The van der Waals surface area contributed by atoms with Gasteiger partial charge in [-0.1, -0.05) is 0 Å². The van der Waals surface area contributed by atoms with Crippen LogP contribution in [-0.4, -0.2) is 27.8 Å². The lowest BCUT2D eigenvalue weighted by molar-refractivity contribution is -0.385. The van der Waals surface area contributed by atoms with Crippen molar-refractivity contribution in [2.24, 2.45) is 0 Å². The van der Waals surface area contributed by atoms with Gasteiger partial charge in [-0.15, -0.1) is 0 Å². The number of carbonyl (C=O) groups excluding carboxylic acids is 1. The number of aromatic nitrogens is 2. The molecule has 0 atom stereocenters. The summed E-state index contributed by atoms with van der Waals surface area (Å²) in [4.78, 5) is 30.5. The summed E-state index contributed by atoms with van der Waals surface area (Å²) in [5.74, 6) is -0.217. The minimum Gasteiger partial charge on any atom is -0.373 e. The second-order valence-electron chi connectivity index (χ2n) is 4.18. The first-order valence-electron chi connectivity index (χ1n) is 6.08. The van der Waals surface area contributed by atoms with E-state index in [1.165, 1.54) is 6.07 Å². The highest BCUT2D eigenvalue weighted by Crippen LogP contribution is 2.22. The van der Waals surface area contributed by atoms with Gasteiger partial charge < -0.3 is 10.6 Å². The van der Waals surface area contributed by atoms with Gasteiger partial charge in [-0.3, -0.25) is 19.9 Å². The highest BCUT2D eigenvalue weighted by Gasteiger charge is 2.22. The Morgan fingerprint density at radius 3 is 2.76 bits per heavy atom. The van der Waals surface area contributed by atoms with E-state index in [0.717, 1.165) is 6.20 Å². The topological polar surface area (TPSA) is 110 Å². The van der Waals surface area contributed by atoms with Crippen LogP contribution < -0.4 is 10.6 Å². The Morgan fingerprint density at radius 2 is 2.14 bits per heavy atom. The van der Waals surface area contributed by atoms with E-state index in [1.807, 2.05) is 0 Å². The standard InChI is InChI=1S/C13H13N5O3/c1-8-10(4-3-5-15-8)17-13(19)9-6-12(14-2)16-7-11(9)18(20)21/h3-7H,1-2H3,(H,14,16)(H,17,19). The van der Waals surface area contributed by atoms with Crippen LogP contribution in [0.1, 0.15) is 16.1 Å². The Morgan fingerprint density at radius 1 is 1.38 bits per heavy atom. The minimum atomic E-state index is -0.641. The molecule has 0 unspecified atom stereocenters. The van der Waals surface area contributed by atoms with Crippen molar-refractivity contribution in [3.63, 3.8) is 0 Å². The zero-order chi connectivity index (χ0) is 15.4. The fraction of sp³-hybridized carbons (Fsp3) is 0.154. The summed E-state index contributed by atoms with van der Waals surface area (Å²) in [5.41, 5.74) is 0.701. The van der Waals surface area contributed by atoms with Crippen molar-refractivity contribution in [2.45, 2.75) is 6.92 Å². The molecule has 8 nitrogen and oxygen atoms in total. The largest absolute Gasteiger partial charge is 0.373 e. The Hall–Kier alpha value is -3.03. The van der Waals surface area contributed by atoms with E-state index < -0.39 is 10.8 Å². The van der Waals surface area contributed by atoms with Crippen molar-refractivity contribution in [1.29, 1.82) is 0 Å². The predicted octanol–water partition coefficient (Wildman–Crippen LogP) is 1.99. The van der Waals surface area contributed by atoms with Crippen LogP contribution in [0, 0.1) is 17.0 Å². The number of nitrogens with zero attached hydrogens (tertiary/aromatic N) is 3. The average molecular weight is 287 g/mol. The second-order valence-corrected chi connectivity index (χ2v) is 4.18. The fourth-order valence-electron chi connectivity index (χ4n) is 1.72. The summed E-state index contributed by atoms with van der Waals surface area (Å²) in [6.45, 7) is 1.73. The molecule has 0 saturated heterocycles. The lowest BCUT2D eigenvalue weighted by atomic mass is 10.2. The molecule has 2 aromatic heterocycles. The fourth-order valence-corrected chi connectivity index (χ4v) is 1.72. The van der Waals surface area contributed by atoms with Gasteiger partial charge >= 0.3 is 0 Å². The van der Waals surface area contributed by atoms with E-state index in [0.29, 0.717) is 17.2 Å². The van der Waals surface area contributed by atoms with Crippen LogP contribution in [-0.2, 0) is 0 Å². The average Bonchev–Trinajstić information content (AvgIpc) is 2.48. The first kappa shape index (κ1) is 14.4. The van der Waals surface area contributed by atoms with Crippen LogP contribution in [0.4, 0.5) is 17.2 Å². The lowest BCUT2D eigenvalue weighted by Gasteiger charge is -2.08. The van der Waals surface area contributed by atoms with E-state index in [4.69, 9.17) is 0 Å². The maximum Gasteiger partial charge on any atom is 0.300 e. The van der Waals surface area contributed by atoms with Gasteiger partial charge in [0.2, 0.25) is 0 Å². The minimum absolute atomic E-state index is 0.0670. The highest BCUT2D eigenvalue weighted by molar-refractivity contribution is 6.07. The summed E-state index contributed by atoms with van der Waals surface area (Å²) >= 11 is 0. The molecule has 0 bridgehead atoms. The summed E-state index contributed by atoms with van der Waals surface area (Å²) in [6, 6.07) is 4.67. The number of anilines is 2. The van der Waals surface area contributed by atoms with E-state index in [2.05, 4.69) is 20.6 Å². The Bertz CT molecular complexity index is 702. The van der Waals surface area contributed by atoms with Gasteiger partial charge in [0.25, 0.3) is 11.6 Å². The second kappa shape index (κ2) is 5.95. The zero-order valence-electron chi connectivity index (χ0n) is 11.5. The Balaban J connectivity index is 2.38. The van der Waals surface area contributed by atoms with Gasteiger partial charge in [0, 0.05) is 19.3 Å². The summed E-state index contributed by atoms with van der Waals surface area (Å²) < 4.78 is 0. The van der Waals surface area contributed by atoms with E-state index in [-0.39, 0.29) is 11.3 Å². The van der Waals surface area contributed by atoms with Gasteiger partial charge in [0.05, 0.1) is 16.3 Å². The summed E-state index contributed by atoms with van der Waals surface area (Å²) in [5, 5.41) is 16.3. The van der Waals surface area contributed by atoms with Gasteiger partial charge in [0.15, 0.2) is 0 Å². The van der Waals surface area contributed by atoms with Crippen molar-refractivity contribution in [1.82, 2.24) is 9.97 Å². The number of hydrogen-bond acceptors (Lipinski definition) is 6. The molecular formula is C13H13N5O3. The molecule has 2 heterocycles. The molecule has 0 radical (unpaired) electrons. The molecule has 0 aliphatic rings. The number of rotatable bonds is 4. The summed E-state index contributed by atoms with van der Waals surface area (Å²) in [6.07, 6.45) is 2.65. The molecule has 2 aromatic rings. The van der Waals surface area contributed by atoms with Gasteiger partial charge in [-0.2, -0.15) is 0 Å². The third-order valence-electron chi connectivity index (χ3n) is 2.84. The number of carbonyl (C=O) groups is 1. The third kappa shape index (κ3) is 3.11. The molecule has 1 amide bonds. The molecule has 21 heavy (non-hydrogen) atoms. The monoisotopic (exact) mass is 287 g/mol. The number of aryl methyl sites for hydroxylation is 1. The molecule has 8 heteroatoms. The first-order valence-corrected chi connectivity index (χ1v) is 6.08. The van der Waals surface area contributed by atoms with Crippen LogP contribution in [0.25, 0.3) is 0 Å².